The van der Waals surface area contributed by atoms with Gasteiger partial charge in [0.1, 0.15) is 0 Å². The average molecular weight is 249 g/mol. The minimum Gasteiger partial charge on any atom is -0.487 e. The number of nitrogen functional groups attached to an aromatic ring is 1. The summed E-state index contributed by atoms with van der Waals surface area (Å²) >= 11 is 0. The van der Waals surface area contributed by atoms with Crippen LogP contribution in [0.3, 0.4) is 0 Å². The van der Waals surface area contributed by atoms with Gasteiger partial charge in [0.2, 0.25) is 0 Å². The Kier molecular flexibility index (Phi) is 3.77. The van der Waals surface area contributed by atoms with E-state index in [2.05, 4.69) is 0 Å². The fourth-order valence-corrected chi connectivity index (χ4v) is 1.63. The zero-order valence-electron chi connectivity index (χ0n) is 9.70. The Morgan fingerprint density at radius 1 is 1.00 bits per heavy atom. The quantitative estimate of drug-likeness (QED) is 0.845. The minimum absolute atomic E-state index is 0.0420. The highest BCUT2D eigenvalue weighted by Crippen LogP contribution is 2.24. The van der Waals surface area contributed by atoms with Crippen LogP contribution in [0, 0.1) is 11.6 Å². The van der Waals surface area contributed by atoms with Gasteiger partial charge in [0.05, 0.1) is 6.61 Å². The number of hydrogen-bond donors (Lipinski definition) is 1. The lowest BCUT2D eigenvalue weighted by Crippen LogP contribution is -2.05. The molecule has 0 heterocycles. The van der Waals surface area contributed by atoms with Crippen molar-refractivity contribution in [1.82, 2.24) is 0 Å². The molecule has 0 fully saturated rings. The van der Waals surface area contributed by atoms with Crippen molar-refractivity contribution in [3.8, 4) is 5.75 Å². The first-order valence-electron chi connectivity index (χ1n) is 5.58. The molecule has 2 N–H and O–H groups in total. The molecule has 0 aliphatic heterocycles. The molecule has 94 valence electrons. The third-order valence-electron chi connectivity index (χ3n) is 2.50. The summed E-state index contributed by atoms with van der Waals surface area (Å²) in [5, 5.41) is 0. The molecule has 18 heavy (non-hydrogen) atoms. The lowest BCUT2D eigenvalue weighted by molar-refractivity contribution is 0.288. The van der Waals surface area contributed by atoms with Gasteiger partial charge in [-0.05, 0) is 5.56 Å². The summed E-state index contributed by atoms with van der Waals surface area (Å²) in [5.41, 5.74) is 6.40. The van der Waals surface area contributed by atoms with Crippen LogP contribution in [-0.2, 0) is 6.42 Å². The van der Waals surface area contributed by atoms with E-state index in [1.54, 1.807) is 0 Å². The van der Waals surface area contributed by atoms with Crippen LogP contribution in [0.5, 0.6) is 5.75 Å². The number of hydrogen-bond acceptors (Lipinski definition) is 2. The molecule has 2 nitrogen and oxygen atoms in total. The van der Waals surface area contributed by atoms with Gasteiger partial charge in [-0.2, -0.15) is 0 Å². The molecule has 0 saturated carbocycles. The third kappa shape index (κ3) is 2.97. The van der Waals surface area contributed by atoms with Crippen molar-refractivity contribution in [1.29, 1.82) is 0 Å². The predicted octanol–water partition coefficient (Wildman–Crippen LogP) is 3.17. The first-order chi connectivity index (χ1) is 8.66. The second-order valence-electron chi connectivity index (χ2n) is 3.90. The summed E-state index contributed by atoms with van der Waals surface area (Å²) in [7, 11) is 0. The van der Waals surface area contributed by atoms with Gasteiger partial charge in [0.25, 0.3) is 0 Å². The molecule has 0 spiro atoms. The van der Waals surface area contributed by atoms with E-state index in [1.807, 2.05) is 30.3 Å². The monoisotopic (exact) mass is 249 g/mol. The molecule has 0 aliphatic rings. The van der Waals surface area contributed by atoms with Gasteiger partial charge in [0, 0.05) is 24.2 Å². The van der Waals surface area contributed by atoms with Gasteiger partial charge in [-0.1, -0.05) is 30.3 Å². The highest BCUT2D eigenvalue weighted by molar-refractivity contribution is 5.44. The van der Waals surface area contributed by atoms with E-state index in [0.29, 0.717) is 6.42 Å². The zero-order chi connectivity index (χ0) is 13.0. The Morgan fingerprint density at radius 3 is 2.22 bits per heavy atom. The fraction of sp³-hybridized carbons (Fsp3) is 0.143. The van der Waals surface area contributed by atoms with Gasteiger partial charge < -0.3 is 10.5 Å². The number of benzene rings is 2. The summed E-state index contributed by atoms with van der Waals surface area (Å²) in [6, 6.07) is 11.7. The predicted molar refractivity (Wildman–Crippen MR) is 66.4 cm³/mol. The number of halogens is 2. The van der Waals surface area contributed by atoms with Crippen LogP contribution < -0.4 is 10.5 Å². The summed E-state index contributed by atoms with van der Waals surface area (Å²) < 4.78 is 31.9. The minimum atomic E-state index is -0.777. The Balaban J connectivity index is 1.99. The van der Waals surface area contributed by atoms with E-state index in [0.717, 1.165) is 17.7 Å². The molecule has 4 heteroatoms. The van der Waals surface area contributed by atoms with E-state index in [4.69, 9.17) is 10.5 Å². The second-order valence-corrected chi connectivity index (χ2v) is 3.90. The summed E-state index contributed by atoms with van der Waals surface area (Å²) in [4.78, 5) is 0. The molecule has 2 rings (SSSR count). The van der Waals surface area contributed by atoms with Crippen molar-refractivity contribution >= 4 is 5.69 Å². The summed E-state index contributed by atoms with van der Waals surface area (Å²) in [6.45, 7) is 0.210. The van der Waals surface area contributed by atoms with Gasteiger partial charge in [-0.15, -0.1) is 0 Å². The van der Waals surface area contributed by atoms with Gasteiger partial charge >= 0.3 is 0 Å². The molecule has 0 saturated heterocycles. The van der Waals surface area contributed by atoms with Crippen molar-refractivity contribution in [2.75, 3.05) is 12.3 Å². The number of anilines is 1. The van der Waals surface area contributed by atoms with Crippen LogP contribution in [0.2, 0.25) is 0 Å². The van der Waals surface area contributed by atoms with E-state index < -0.39 is 11.6 Å². The topological polar surface area (TPSA) is 35.2 Å². The van der Waals surface area contributed by atoms with Gasteiger partial charge in [-0.3, -0.25) is 0 Å². The van der Waals surface area contributed by atoms with Crippen LogP contribution in [0.25, 0.3) is 0 Å². The van der Waals surface area contributed by atoms with Crippen LogP contribution in [0.1, 0.15) is 5.56 Å². The molecular weight excluding hydrogens is 236 g/mol. The maximum Gasteiger partial charge on any atom is 0.190 e. The summed E-state index contributed by atoms with van der Waals surface area (Å²) in [5.74, 6) is -1.93. The Bertz CT molecular complexity index is 506. The van der Waals surface area contributed by atoms with Gasteiger partial charge in [0.15, 0.2) is 17.4 Å². The highest BCUT2D eigenvalue weighted by atomic mass is 19.1. The average Bonchev–Trinajstić information content (AvgIpc) is 2.34. The molecule has 2 aromatic carbocycles. The lowest BCUT2D eigenvalue weighted by atomic mass is 10.2. The highest BCUT2D eigenvalue weighted by Gasteiger charge is 2.11. The number of nitrogens with two attached hydrogens (primary N) is 1. The van der Waals surface area contributed by atoms with Crippen LogP contribution in [-0.4, -0.2) is 6.61 Å². The zero-order valence-corrected chi connectivity index (χ0v) is 9.70. The molecule has 0 radical (unpaired) electrons. The van der Waals surface area contributed by atoms with E-state index in [1.165, 1.54) is 0 Å². The Morgan fingerprint density at radius 2 is 1.61 bits per heavy atom. The number of ether oxygens (including phenoxy) is 1. The van der Waals surface area contributed by atoms with Crippen molar-refractivity contribution in [3.63, 3.8) is 0 Å². The lowest BCUT2D eigenvalue weighted by Gasteiger charge is -2.09. The van der Waals surface area contributed by atoms with Gasteiger partial charge in [-0.25, -0.2) is 8.78 Å². The Labute approximate surface area is 104 Å². The molecule has 2 aromatic rings. The summed E-state index contributed by atoms with van der Waals surface area (Å²) in [6.07, 6.45) is 0.587. The van der Waals surface area contributed by atoms with Crippen LogP contribution in [0.15, 0.2) is 42.5 Å². The first-order valence-corrected chi connectivity index (χ1v) is 5.58. The van der Waals surface area contributed by atoms with Crippen LogP contribution >= 0.6 is 0 Å². The molecule has 0 unspecified atom stereocenters. The standard InChI is InChI=1S/C14H13F2NO/c15-12-8-11(17)9-13(16)14(12)18-7-6-10-4-2-1-3-5-10/h1-5,8-9H,6-7,17H2. The third-order valence-corrected chi connectivity index (χ3v) is 2.50. The van der Waals surface area contributed by atoms with Crippen molar-refractivity contribution in [3.05, 3.63) is 59.7 Å². The molecule has 0 aromatic heterocycles. The molecular formula is C14H13F2NO. The molecule has 0 amide bonds. The smallest absolute Gasteiger partial charge is 0.190 e. The normalized spacial score (nSPS) is 10.3. The maximum atomic E-state index is 13.4. The second kappa shape index (κ2) is 5.49. The number of rotatable bonds is 4. The molecule has 0 bridgehead atoms. The largest absolute Gasteiger partial charge is 0.487 e. The maximum absolute atomic E-state index is 13.4. The molecule has 0 atom stereocenters. The first kappa shape index (κ1) is 12.4. The SMILES string of the molecule is Nc1cc(F)c(OCCc2ccccc2)c(F)c1. The molecule has 0 aliphatic carbocycles. The van der Waals surface area contributed by atoms with E-state index >= 15 is 0 Å². The van der Waals surface area contributed by atoms with Crippen molar-refractivity contribution in [2.24, 2.45) is 0 Å². The van der Waals surface area contributed by atoms with Crippen molar-refractivity contribution < 1.29 is 13.5 Å². The van der Waals surface area contributed by atoms with Crippen molar-refractivity contribution in [2.45, 2.75) is 6.42 Å². The van der Waals surface area contributed by atoms with E-state index in [9.17, 15) is 8.78 Å². The fourth-order valence-electron chi connectivity index (χ4n) is 1.63. The Hall–Kier alpha value is -2.10. The van der Waals surface area contributed by atoms with E-state index in [-0.39, 0.29) is 18.0 Å². The van der Waals surface area contributed by atoms with Crippen LogP contribution in [0.4, 0.5) is 14.5 Å².